The minimum Gasteiger partial charge on any atom is -0.495 e. The van der Waals surface area contributed by atoms with Gasteiger partial charge in [0.15, 0.2) is 0 Å². The van der Waals surface area contributed by atoms with E-state index in [2.05, 4.69) is 4.98 Å². The van der Waals surface area contributed by atoms with Crippen molar-refractivity contribution < 1.29 is 14.2 Å². The van der Waals surface area contributed by atoms with Crippen molar-refractivity contribution in [3.05, 3.63) is 59.7 Å². The van der Waals surface area contributed by atoms with Crippen LogP contribution in [0.1, 0.15) is 31.2 Å². The highest BCUT2D eigenvalue weighted by atomic mass is 19.1. The third-order valence-electron chi connectivity index (χ3n) is 3.55. The molecule has 106 valence electrons. The number of aliphatic hydroxyl groups is 1. The Morgan fingerprint density at radius 2 is 1.85 bits per heavy atom. The number of aromatic nitrogens is 1. The SMILES string of the molecule is COc1cccnc1C(O)C(C)(C)c1ccc(F)cc1. The highest BCUT2D eigenvalue weighted by molar-refractivity contribution is 5.34. The van der Waals surface area contributed by atoms with Crippen LogP contribution in [0.3, 0.4) is 0 Å². The third-order valence-corrected chi connectivity index (χ3v) is 3.55. The van der Waals surface area contributed by atoms with Crippen LogP contribution in [0.15, 0.2) is 42.6 Å². The second-order valence-electron chi connectivity index (χ2n) is 5.22. The number of pyridine rings is 1. The van der Waals surface area contributed by atoms with Crippen molar-refractivity contribution in [2.24, 2.45) is 0 Å². The number of ether oxygens (including phenoxy) is 1. The van der Waals surface area contributed by atoms with E-state index in [1.165, 1.54) is 19.2 Å². The fourth-order valence-corrected chi connectivity index (χ4v) is 2.16. The van der Waals surface area contributed by atoms with Crippen LogP contribution < -0.4 is 4.74 Å². The van der Waals surface area contributed by atoms with Crippen molar-refractivity contribution in [2.75, 3.05) is 7.11 Å². The summed E-state index contributed by atoms with van der Waals surface area (Å²) in [7, 11) is 1.54. The number of benzene rings is 1. The molecule has 1 aromatic carbocycles. The lowest BCUT2D eigenvalue weighted by atomic mass is 9.78. The number of nitrogens with zero attached hydrogens (tertiary/aromatic N) is 1. The summed E-state index contributed by atoms with van der Waals surface area (Å²) >= 11 is 0. The predicted octanol–water partition coefficient (Wildman–Crippen LogP) is 3.24. The van der Waals surface area contributed by atoms with Gasteiger partial charge < -0.3 is 9.84 Å². The standard InChI is InChI=1S/C16H18FNO2/c1-16(2,11-6-8-12(17)9-7-11)15(19)14-13(20-3)5-4-10-18-14/h4-10,15,19H,1-3H3. The highest BCUT2D eigenvalue weighted by Gasteiger charge is 2.33. The molecule has 0 saturated heterocycles. The molecule has 0 radical (unpaired) electrons. The van der Waals surface area contributed by atoms with Crippen LogP contribution in [-0.4, -0.2) is 17.2 Å². The Labute approximate surface area is 118 Å². The Balaban J connectivity index is 2.40. The summed E-state index contributed by atoms with van der Waals surface area (Å²) in [5, 5.41) is 10.6. The number of methoxy groups -OCH3 is 1. The van der Waals surface area contributed by atoms with Gasteiger partial charge in [-0.1, -0.05) is 26.0 Å². The van der Waals surface area contributed by atoms with Gasteiger partial charge in [0.2, 0.25) is 0 Å². The molecule has 0 spiro atoms. The Kier molecular flexibility index (Phi) is 4.04. The molecule has 3 nitrogen and oxygen atoms in total. The second kappa shape index (κ2) is 5.59. The molecule has 1 N–H and O–H groups in total. The summed E-state index contributed by atoms with van der Waals surface area (Å²) in [6.07, 6.45) is 0.756. The van der Waals surface area contributed by atoms with E-state index in [-0.39, 0.29) is 5.82 Å². The lowest BCUT2D eigenvalue weighted by Gasteiger charge is -2.31. The van der Waals surface area contributed by atoms with E-state index in [9.17, 15) is 9.50 Å². The van der Waals surface area contributed by atoms with E-state index in [1.807, 2.05) is 13.8 Å². The normalized spacial score (nSPS) is 13.1. The summed E-state index contributed by atoms with van der Waals surface area (Å²) in [4.78, 5) is 4.21. The van der Waals surface area contributed by atoms with Crippen molar-refractivity contribution in [2.45, 2.75) is 25.4 Å². The second-order valence-corrected chi connectivity index (χ2v) is 5.22. The van der Waals surface area contributed by atoms with E-state index in [1.54, 1.807) is 30.5 Å². The minimum absolute atomic E-state index is 0.297. The molecule has 2 rings (SSSR count). The lowest BCUT2D eigenvalue weighted by Crippen LogP contribution is -2.28. The fourth-order valence-electron chi connectivity index (χ4n) is 2.16. The van der Waals surface area contributed by atoms with E-state index in [0.29, 0.717) is 11.4 Å². The first kappa shape index (κ1) is 14.5. The van der Waals surface area contributed by atoms with Gasteiger partial charge in [0, 0.05) is 11.6 Å². The summed E-state index contributed by atoms with van der Waals surface area (Å²) in [5.41, 5.74) is 0.693. The topological polar surface area (TPSA) is 42.4 Å². The molecule has 0 saturated carbocycles. The molecule has 1 atom stereocenters. The molecular weight excluding hydrogens is 257 g/mol. The molecule has 20 heavy (non-hydrogen) atoms. The number of rotatable bonds is 4. The van der Waals surface area contributed by atoms with Gasteiger partial charge in [-0.25, -0.2) is 4.39 Å². The Morgan fingerprint density at radius 3 is 2.45 bits per heavy atom. The molecule has 1 unspecified atom stereocenters. The quantitative estimate of drug-likeness (QED) is 0.931. The van der Waals surface area contributed by atoms with Gasteiger partial charge in [0.25, 0.3) is 0 Å². The lowest BCUT2D eigenvalue weighted by molar-refractivity contribution is 0.0930. The van der Waals surface area contributed by atoms with Gasteiger partial charge in [-0.2, -0.15) is 0 Å². The first-order valence-electron chi connectivity index (χ1n) is 6.40. The van der Waals surface area contributed by atoms with Gasteiger partial charge >= 0.3 is 0 Å². The number of aliphatic hydroxyl groups excluding tert-OH is 1. The predicted molar refractivity (Wildman–Crippen MR) is 75.2 cm³/mol. The molecule has 0 amide bonds. The first-order valence-corrected chi connectivity index (χ1v) is 6.40. The van der Waals surface area contributed by atoms with Gasteiger partial charge in [0.1, 0.15) is 23.4 Å². The van der Waals surface area contributed by atoms with Crippen LogP contribution in [0.2, 0.25) is 0 Å². The number of hydrogen-bond donors (Lipinski definition) is 1. The van der Waals surface area contributed by atoms with Crippen LogP contribution in [-0.2, 0) is 5.41 Å². The number of halogens is 1. The summed E-state index contributed by atoms with van der Waals surface area (Å²) in [5.74, 6) is 0.240. The zero-order valence-corrected chi connectivity index (χ0v) is 11.8. The average Bonchev–Trinajstić information content (AvgIpc) is 2.46. The molecule has 2 aromatic rings. The molecule has 0 aliphatic carbocycles. The van der Waals surface area contributed by atoms with Crippen LogP contribution >= 0.6 is 0 Å². The highest BCUT2D eigenvalue weighted by Crippen LogP contribution is 2.39. The van der Waals surface area contributed by atoms with Crippen molar-refractivity contribution in [3.8, 4) is 5.75 Å². The van der Waals surface area contributed by atoms with E-state index < -0.39 is 11.5 Å². The molecule has 0 aliphatic heterocycles. The Bertz CT molecular complexity index is 581. The van der Waals surface area contributed by atoms with E-state index >= 15 is 0 Å². The van der Waals surface area contributed by atoms with Gasteiger partial charge in [-0.05, 0) is 29.8 Å². The maximum absolute atomic E-state index is 13.0. The monoisotopic (exact) mass is 275 g/mol. The molecule has 0 fully saturated rings. The molecule has 0 bridgehead atoms. The van der Waals surface area contributed by atoms with Gasteiger partial charge in [0.05, 0.1) is 7.11 Å². The maximum Gasteiger partial charge on any atom is 0.143 e. The van der Waals surface area contributed by atoms with E-state index in [0.717, 1.165) is 5.56 Å². The Hall–Kier alpha value is -1.94. The molecule has 4 heteroatoms. The maximum atomic E-state index is 13.0. The van der Waals surface area contributed by atoms with Crippen molar-refractivity contribution >= 4 is 0 Å². The molecular formula is C16H18FNO2. The fraction of sp³-hybridized carbons (Fsp3) is 0.312. The zero-order chi connectivity index (χ0) is 14.8. The van der Waals surface area contributed by atoms with Crippen molar-refractivity contribution in [3.63, 3.8) is 0 Å². The Morgan fingerprint density at radius 1 is 1.20 bits per heavy atom. The first-order chi connectivity index (χ1) is 9.46. The van der Waals surface area contributed by atoms with Gasteiger partial charge in [-0.15, -0.1) is 0 Å². The summed E-state index contributed by atoms with van der Waals surface area (Å²) < 4.78 is 18.3. The number of hydrogen-bond acceptors (Lipinski definition) is 3. The average molecular weight is 275 g/mol. The molecule has 1 heterocycles. The van der Waals surface area contributed by atoms with Gasteiger partial charge in [-0.3, -0.25) is 4.98 Å². The van der Waals surface area contributed by atoms with Crippen molar-refractivity contribution in [1.29, 1.82) is 0 Å². The third kappa shape index (κ3) is 2.65. The van der Waals surface area contributed by atoms with Crippen molar-refractivity contribution in [1.82, 2.24) is 4.98 Å². The van der Waals surface area contributed by atoms with Crippen LogP contribution in [0, 0.1) is 5.82 Å². The molecule has 0 aliphatic rings. The smallest absolute Gasteiger partial charge is 0.143 e. The summed E-state index contributed by atoms with van der Waals surface area (Å²) in [6, 6.07) is 9.63. The zero-order valence-electron chi connectivity index (χ0n) is 11.8. The molecule has 1 aromatic heterocycles. The van der Waals surface area contributed by atoms with Crippen LogP contribution in [0.5, 0.6) is 5.75 Å². The van der Waals surface area contributed by atoms with Crippen LogP contribution in [0.25, 0.3) is 0 Å². The van der Waals surface area contributed by atoms with E-state index in [4.69, 9.17) is 4.74 Å². The summed E-state index contributed by atoms with van der Waals surface area (Å²) in [6.45, 7) is 3.78. The minimum atomic E-state index is -0.857. The largest absolute Gasteiger partial charge is 0.495 e. The van der Waals surface area contributed by atoms with Crippen LogP contribution in [0.4, 0.5) is 4.39 Å².